The van der Waals surface area contributed by atoms with Crippen LogP contribution in [0.15, 0.2) is 46.1 Å². The minimum absolute atomic E-state index is 0. The van der Waals surface area contributed by atoms with Gasteiger partial charge in [-0.3, -0.25) is 14.3 Å². The summed E-state index contributed by atoms with van der Waals surface area (Å²) in [5.74, 6) is 0. The average molecular weight is 458 g/mol. The third kappa shape index (κ3) is 6.23. The van der Waals surface area contributed by atoms with E-state index >= 15 is 0 Å². The van der Waals surface area contributed by atoms with Gasteiger partial charge in [0.1, 0.15) is 18.3 Å². The van der Waals surface area contributed by atoms with Crippen LogP contribution in [0.2, 0.25) is 0 Å². The van der Waals surface area contributed by atoms with Crippen LogP contribution in [0.25, 0.3) is 11.1 Å². The minimum Gasteiger partial charge on any atom is -0.811 e. The Labute approximate surface area is 214 Å². The number of benzene rings is 1. The third-order valence-corrected chi connectivity index (χ3v) is 5.21. The van der Waals surface area contributed by atoms with Gasteiger partial charge in [0.15, 0.2) is 6.23 Å². The van der Waals surface area contributed by atoms with E-state index in [2.05, 4.69) is 4.98 Å². The van der Waals surface area contributed by atoms with E-state index in [0.29, 0.717) is 5.56 Å². The molecule has 11 nitrogen and oxygen atoms in total. The molecule has 152 valence electrons. The molecule has 0 unspecified atom stereocenters. The largest absolute Gasteiger partial charge is 1.00 e. The van der Waals surface area contributed by atoms with Gasteiger partial charge in [-0.15, -0.1) is 0 Å². The number of aromatic nitrogens is 2. The minimum atomic E-state index is -5.12. The van der Waals surface area contributed by atoms with Gasteiger partial charge in [-0.1, -0.05) is 37.9 Å². The average Bonchev–Trinajstić information content (AvgIpc) is 2.90. The second-order valence-electron chi connectivity index (χ2n) is 6.41. The first-order chi connectivity index (χ1) is 13.1. The summed E-state index contributed by atoms with van der Waals surface area (Å²) in [5.41, 5.74) is -1.08. The van der Waals surface area contributed by atoms with Crippen molar-refractivity contribution < 1.29 is 93.5 Å². The molecule has 0 saturated carbocycles. The molecule has 0 bridgehead atoms. The van der Waals surface area contributed by atoms with Crippen molar-refractivity contribution >= 4 is 7.60 Å². The van der Waals surface area contributed by atoms with E-state index in [1.807, 2.05) is 0 Å². The van der Waals surface area contributed by atoms with Gasteiger partial charge in [0.05, 0.1) is 11.7 Å². The van der Waals surface area contributed by atoms with Crippen LogP contribution in [0.4, 0.5) is 0 Å². The van der Waals surface area contributed by atoms with E-state index in [-0.39, 0.29) is 64.7 Å². The van der Waals surface area contributed by atoms with Gasteiger partial charge in [-0.2, -0.15) is 0 Å². The zero-order valence-electron chi connectivity index (χ0n) is 16.2. The number of aliphatic hydroxyl groups excluding tert-OH is 3. The van der Waals surface area contributed by atoms with E-state index in [1.54, 1.807) is 30.3 Å². The molecule has 0 aliphatic carbocycles. The molecule has 30 heavy (non-hydrogen) atoms. The Balaban J connectivity index is 0.00000225. The number of nitrogens with zero attached hydrogens (tertiary/aromatic N) is 1. The molecule has 1 fully saturated rings. The van der Waals surface area contributed by atoms with Crippen molar-refractivity contribution in [2.24, 2.45) is 0 Å². The van der Waals surface area contributed by atoms with Crippen LogP contribution in [0.1, 0.15) is 6.23 Å². The summed E-state index contributed by atoms with van der Waals surface area (Å²) in [6, 6.07) is 8.31. The molecule has 1 aliphatic rings. The maximum Gasteiger partial charge on any atom is 1.00 e. The zero-order chi connectivity index (χ0) is 20.6. The van der Waals surface area contributed by atoms with E-state index in [1.165, 1.54) is 0 Å². The number of hydrogen-bond acceptors (Lipinski definition) is 9. The monoisotopic (exact) mass is 458 g/mol. The van der Waals surface area contributed by atoms with Crippen LogP contribution < -0.4 is 80.2 Å². The second-order valence-corrected chi connectivity index (χ2v) is 8.00. The van der Waals surface area contributed by atoms with Crippen molar-refractivity contribution in [3.63, 3.8) is 0 Å². The molecule has 1 aliphatic heterocycles. The van der Waals surface area contributed by atoms with E-state index in [4.69, 9.17) is 4.74 Å². The fraction of sp³-hybridized carbons (Fsp3) is 0.375. The van der Waals surface area contributed by atoms with E-state index in [0.717, 1.165) is 10.8 Å². The Hall–Kier alpha value is -0.110. The smallest absolute Gasteiger partial charge is 0.811 e. The molecule has 2 aromatic rings. The number of nitrogens with one attached hydrogen (secondary N) is 1. The summed E-state index contributed by atoms with van der Waals surface area (Å²) in [7, 11) is -5.12. The molecule has 0 radical (unpaired) electrons. The van der Waals surface area contributed by atoms with Crippen LogP contribution in [-0.2, 0) is 9.30 Å². The van der Waals surface area contributed by atoms with Gasteiger partial charge in [0.2, 0.25) is 0 Å². The summed E-state index contributed by atoms with van der Waals surface area (Å²) in [4.78, 5) is 48.1. The Morgan fingerprint density at radius 2 is 1.73 bits per heavy atom. The van der Waals surface area contributed by atoms with Gasteiger partial charge >= 0.3 is 64.8 Å². The third-order valence-electron chi connectivity index (χ3n) is 4.39. The van der Waals surface area contributed by atoms with Gasteiger partial charge in [-0.25, -0.2) is 4.79 Å². The van der Waals surface area contributed by atoms with Gasteiger partial charge < -0.3 is 34.4 Å². The van der Waals surface area contributed by atoms with Crippen LogP contribution in [-0.4, -0.2) is 55.4 Å². The molecule has 1 aromatic carbocycles. The fourth-order valence-electron chi connectivity index (χ4n) is 3.06. The molecule has 0 amide bonds. The van der Waals surface area contributed by atoms with Crippen molar-refractivity contribution in [3.05, 3.63) is 57.4 Å². The van der Waals surface area contributed by atoms with Crippen LogP contribution in [0.5, 0.6) is 0 Å². The number of rotatable bonds is 5. The van der Waals surface area contributed by atoms with Gasteiger partial charge in [0, 0.05) is 12.4 Å². The summed E-state index contributed by atoms with van der Waals surface area (Å²) in [6.45, 7) is 0. The Morgan fingerprint density at radius 1 is 1.13 bits per heavy atom. The van der Waals surface area contributed by atoms with Crippen molar-refractivity contribution in [3.8, 4) is 11.1 Å². The van der Waals surface area contributed by atoms with Crippen LogP contribution in [0.3, 0.4) is 0 Å². The predicted octanol–water partition coefficient (Wildman–Crippen LogP) is -8.89. The van der Waals surface area contributed by atoms with Gasteiger partial charge in [-0.05, 0) is 5.56 Å². The van der Waals surface area contributed by atoms with Crippen molar-refractivity contribution in [2.75, 3.05) is 6.16 Å². The van der Waals surface area contributed by atoms with Crippen molar-refractivity contribution in [1.29, 1.82) is 0 Å². The fourth-order valence-corrected chi connectivity index (χ4v) is 3.73. The SMILES string of the molecule is O=c1[nH]c(=O)n([C@@H]2O[C@H]([C@H](O)CP(=O)([O-])[O-])[C@@H](O)[C@H]2O)cc1-c1ccccc1.[Na+].[Na+]. The first-order valence-corrected chi connectivity index (χ1v) is 9.93. The molecular weight excluding hydrogens is 441 g/mol. The summed E-state index contributed by atoms with van der Waals surface area (Å²) in [5, 5.41) is 30.2. The standard InChI is InChI=1S/C16H19N2O9P.2Na/c19-10(7-28(24,25)26)13-11(20)12(21)15(27-13)18-6-9(14(22)17-16(18)23)8-4-2-1-3-5-8;;/h1-6,10-13,15,19-21H,7H2,(H,17,22,23)(H2,24,25,26);;/q;2*+1/p-2/t10-,11+,12-,13-,15-;;/m1../s1. The Kier molecular flexibility index (Phi) is 10.4. The topological polar surface area (TPSA) is 188 Å². The zero-order valence-corrected chi connectivity index (χ0v) is 21.1. The maximum atomic E-state index is 12.2. The number of hydrogen-bond donors (Lipinski definition) is 4. The normalized spacial score (nSPS) is 24.6. The van der Waals surface area contributed by atoms with Crippen LogP contribution in [0, 0.1) is 0 Å². The van der Waals surface area contributed by atoms with E-state index in [9.17, 15) is 39.3 Å². The molecule has 4 N–H and O–H groups in total. The van der Waals surface area contributed by atoms with E-state index < -0.39 is 55.7 Å². The van der Waals surface area contributed by atoms with Crippen molar-refractivity contribution in [2.45, 2.75) is 30.6 Å². The molecular formula is C16H17N2Na2O9P. The first-order valence-electron chi connectivity index (χ1n) is 8.20. The molecule has 0 spiro atoms. The molecule has 1 aromatic heterocycles. The first kappa shape index (κ1) is 27.9. The molecule has 1 saturated heterocycles. The quantitative estimate of drug-likeness (QED) is 0.249. The molecule has 3 rings (SSSR count). The molecule has 2 heterocycles. The molecule has 5 atom stereocenters. The maximum absolute atomic E-state index is 12.2. The van der Waals surface area contributed by atoms with Crippen molar-refractivity contribution in [1.82, 2.24) is 9.55 Å². The summed E-state index contributed by atoms with van der Waals surface area (Å²) < 4.78 is 16.9. The number of aliphatic hydroxyl groups is 3. The molecule has 14 heteroatoms. The van der Waals surface area contributed by atoms with Gasteiger partial charge in [0.25, 0.3) is 5.56 Å². The van der Waals surface area contributed by atoms with Crippen LogP contribution >= 0.6 is 7.60 Å². The second kappa shape index (κ2) is 11.2. The number of ether oxygens (including phenoxy) is 1. The Morgan fingerprint density at radius 3 is 2.30 bits per heavy atom. The summed E-state index contributed by atoms with van der Waals surface area (Å²) in [6.07, 6.45) is -8.67. The summed E-state index contributed by atoms with van der Waals surface area (Å²) >= 11 is 0. The number of H-pyrrole nitrogens is 1. The number of aromatic amines is 1. The predicted molar refractivity (Wildman–Crippen MR) is 91.2 cm³/mol. The Bertz CT molecular complexity index is 1010.